The first-order chi connectivity index (χ1) is 11.1. The number of hydrogen-bond acceptors (Lipinski definition) is 6. The number of hydrogen-bond donors (Lipinski definition) is 2. The van der Waals surface area contributed by atoms with E-state index in [1.807, 2.05) is 20.8 Å². The fraction of sp³-hybridized carbons (Fsp3) is 0.600. The van der Waals surface area contributed by atoms with Crippen molar-refractivity contribution in [3.8, 4) is 0 Å². The molecule has 3 N–H and O–H groups in total. The van der Waals surface area contributed by atoms with Crippen LogP contribution in [0.2, 0.25) is 0 Å². The number of nitrogens with two attached hydrogens (primary N) is 1. The molecule has 134 valence electrons. The average molecular weight is 391 g/mol. The Morgan fingerprint density at radius 2 is 2.04 bits per heavy atom. The van der Waals surface area contributed by atoms with Crippen molar-refractivity contribution < 1.29 is 18.0 Å². The van der Waals surface area contributed by atoms with E-state index in [1.54, 1.807) is 17.8 Å². The summed E-state index contributed by atoms with van der Waals surface area (Å²) in [5.41, 5.74) is 0.802. The Morgan fingerprint density at radius 3 is 2.62 bits per heavy atom. The molecule has 9 heteroatoms. The van der Waals surface area contributed by atoms with Crippen LogP contribution in [0, 0.1) is 5.92 Å². The molecule has 6 nitrogen and oxygen atoms in total. The number of thiophene rings is 1. The lowest BCUT2D eigenvalue weighted by Crippen LogP contribution is -2.32. The summed E-state index contributed by atoms with van der Waals surface area (Å²) >= 11 is 2.74. The highest BCUT2D eigenvalue weighted by atomic mass is 32.3. The van der Waals surface area contributed by atoms with Gasteiger partial charge in [0.1, 0.15) is 9.99 Å². The van der Waals surface area contributed by atoms with Crippen LogP contribution in [0.5, 0.6) is 0 Å². The van der Waals surface area contributed by atoms with Gasteiger partial charge in [0, 0.05) is 29.6 Å². The number of rotatable bonds is 6. The molecule has 24 heavy (non-hydrogen) atoms. The van der Waals surface area contributed by atoms with Crippen molar-refractivity contribution in [2.45, 2.75) is 59.7 Å². The Balaban J connectivity index is 2.10. The van der Waals surface area contributed by atoms with E-state index in [-0.39, 0.29) is 46.0 Å². The molecule has 2 rings (SSSR count). The highest BCUT2D eigenvalue weighted by Gasteiger charge is 2.30. The molecule has 0 bridgehead atoms. The number of fused-ring (bicyclic) bond motifs is 1. The predicted octanol–water partition coefficient (Wildman–Crippen LogP) is 2.44. The largest absolute Gasteiger partial charge is 0.349 e. The van der Waals surface area contributed by atoms with Crippen LogP contribution in [-0.2, 0) is 19.6 Å². The fourth-order valence-corrected chi connectivity index (χ4v) is 6.26. The molecule has 2 unspecified atom stereocenters. The van der Waals surface area contributed by atoms with E-state index in [0.717, 1.165) is 21.1 Å². The second kappa shape index (κ2) is 7.55. The maximum Gasteiger partial charge on any atom is 0.247 e. The molecular weight excluding hydrogens is 368 g/mol. The number of primary sulfonamides is 1. The number of sulfonamides is 1. The second-order valence-electron chi connectivity index (χ2n) is 6.26. The van der Waals surface area contributed by atoms with Crippen LogP contribution >= 0.6 is 23.1 Å². The molecule has 0 radical (unpaired) electrons. The van der Waals surface area contributed by atoms with Crippen LogP contribution in [0.15, 0.2) is 14.5 Å². The average Bonchev–Trinajstić information content (AvgIpc) is 2.88. The molecular formula is C15H22N2O4S3. The van der Waals surface area contributed by atoms with Crippen molar-refractivity contribution in [1.29, 1.82) is 0 Å². The van der Waals surface area contributed by atoms with Gasteiger partial charge >= 0.3 is 0 Å². The third kappa shape index (κ3) is 4.81. The van der Waals surface area contributed by atoms with Crippen LogP contribution in [-0.4, -0.2) is 25.4 Å². The second-order valence-corrected chi connectivity index (χ2v) is 10.8. The molecule has 2 atom stereocenters. The Morgan fingerprint density at radius 1 is 1.38 bits per heavy atom. The minimum Gasteiger partial charge on any atom is -0.349 e. The summed E-state index contributed by atoms with van der Waals surface area (Å²) in [6, 6.07) is 1.31. The SMILES string of the molecule is CC1CC(NC(=O)CCC(=O)C(C)C)c2cc(S(N)(=O)=O)sc2S1. The summed E-state index contributed by atoms with van der Waals surface area (Å²) in [5.74, 6) is -0.211. The maximum absolute atomic E-state index is 12.1. The molecule has 1 aromatic heterocycles. The molecule has 0 aliphatic carbocycles. The van der Waals surface area contributed by atoms with Crippen molar-refractivity contribution in [2.75, 3.05) is 0 Å². The minimum absolute atomic E-state index is 0.0606. The third-order valence-corrected chi connectivity index (χ3v) is 7.76. The van der Waals surface area contributed by atoms with E-state index in [0.29, 0.717) is 6.42 Å². The number of nitrogens with one attached hydrogen (secondary N) is 1. The minimum atomic E-state index is -3.75. The smallest absolute Gasteiger partial charge is 0.247 e. The van der Waals surface area contributed by atoms with Gasteiger partial charge in [0.05, 0.1) is 10.3 Å². The topological polar surface area (TPSA) is 106 Å². The lowest BCUT2D eigenvalue weighted by molar-refractivity contribution is -0.127. The van der Waals surface area contributed by atoms with Crippen LogP contribution in [0.1, 0.15) is 51.6 Å². The van der Waals surface area contributed by atoms with Gasteiger partial charge in [-0.2, -0.15) is 0 Å². The Kier molecular flexibility index (Phi) is 6.11. The molecule has 0 saturated heterocycles. The van der Waals surface area contributed by atoms with E-state index in [9.17, 15) is 18.0 Å². The van der Waals surface area contributed by atoms with Gasteiger partial charge in [-0.25, -0.2) is 13.6 Å². The van der Waals surface area contributed by atoms with E-state index in [2.05, 4.69) is 5.32 Å². The molecule has 1 aliphatic rings. The molecule has 0 fully saturated rings. The number of amides is 1. The summed E-state index contributed by atoms with van der Waals surface area (Å²) in [6.07, 6.45) is 1.08. The lowest BCUT2D eigenvalue weighted by Gasteiger charge is -2.27. The Bertz CT molecular complexity index is 740. The van der Waals surface area contributed by atoms with E-state index in [1.165, 1.54) is 0 Å². The van der Waals surface area contributed by atoms with E-state index in [4.69, 9.17) is 5.14 Å². The van der Waals surface area contributed by atoms with Crippen LogP contribution in [0.4, 0.5) is 0 Å². The first-order valence-electron chi connectivity index (χ1n) is 7.73. The normalized spacial score (nSPS) is 20.7. The predicted molar refractivity (Wildman–Crippen MR) is 95.6 cm³/mol. The number of Topliss-reactive ketones (excluding diaryl/α,β-unsaturated/α-hetero) is 1. The fourth-order valence-electron chi connectivity index (χ4n) is 2.46. The van der Waals surface area contributed by atoms with Crippen molar-refractivity contribution in [3.63, 3.8) is 0 Å². The zero-order valence-corrected chi connectivity index (χ0v) is 16.3. The van der Waals surface area contributed by atoms with E-state index >= 15 is 0 Å². The molecule has 1 amide bonds. The Labute approximate surface area is 150 Å². The summed E-state index contributed by atoms with van der Waals surface area (Å²) in [5, 5.41) is 8.40. The quantitative estimate of drug-likeness (QED) is 0.776. The van der Waals surface area contributed by atoms with Crippen LogP contribution in [0.25, 0.3) is 0 Å². The molecule has 1 aliphatic heterocycles. The van der Waals surface area contributed by atoms with Crippen LogP contribution < -0.4 is 10.5 Å². The number of thioether (sulfide) groups is 1. The van der Waals surface area contributed by atoms with Gasteiger partial charge in [-0.1, -0.05) is 20.8 Å². The van der Waals surface area contributed by atoms with Gasteiger partial charge in [0.2, 0.25) is 15.9 Å². The van der Waals surface area contributed by atoms with Crippen LogP contribution in [0.3, 0.4) is 0 Å². The number of carbonyl (C=O) groups is 2. The highest BCUT2D eigenvalue weighted by Crippen LogP contribution is 2.46. The first-order valence-corrected chi connectivity index (χ1v) is 11.0. The van der Waals surface area contributed by atoms with Crippen molar-refractivity contribution in [1.82, 2.24) is 5.32 Å². The summed E-state index contributed by atoms with van der Waals surface area (Å²) in [4.78, 5) is 23.8. The molecule has 0 saturated carbocycles. The Hall–Kier alpha value is -0.900. The third-order valence-electron chi connectivity index (χ3n) is 3.81. The van der Waals surface area contributed by atoms with Gasteiger partial charge in [-0.15, -0.1) is 23.1 Å². The zero-order valence-electron chi connectivity index (χ0n) is 13.9. The summed E-state index contributed by atoms with van der Waals surface area (Å²) in [6.45, 7) is 5.66. The van der Waals surface area contributed by atoms with Gasteiger partial charge in [-0.3, -0.25) is 9.59 Å². The monoisotopic (exact) mass is 390 g/mol. The zero-order chi connectivity index (χ0) is 18.1. The van der Waals surface area contributed by atoms with Crippen molar-refractivity contribution in [3.05, 3.63) is 11.6 Å². The number of ketones is 1. The standard InChI is InChI=1S/C15H22N2O4S3/c1-8(2)12(18)4-5-13(19)17-11-6-9(3)22-15-10(11)7-14(23-15)24(16,20)21/h7-9,11H,4-6H2,1-3H3,(H,17,19)(H2,16,20,21). The van der Waals surface area contributed by atoms with Gasteiger partial charge in [0.25, 0.3) is 0 Å². The molecule has 2 heterocycles. The first kappa shape index (κ1) is 19.4. The number of carbonyl (C=O) groups excluding carboxylic acids is 2. The van der Waals surface area contributed by atoms with Crippen molar-refractivity contribution >= 4 is 44.8 Å². The lowest BCUT2D eigenvalue weighted by atomic mass is 10.0. The molecule has 1 aromatic rings. The summed E-state index contributed by atoms with van der Waals surface area (Å²) < 4.78 is 24.1. The van der Waals surface area contributed by atoms with Gasteiger partial charge in [-0.05, 0) is 12.5 Å². The van der Waals surface area contributed by atoms with Gasteiger partial charge in [0.15, 0.2) is 0 Å². The molecule has 0 spiro atoms. The molecule has 0 aromatic carbocycles. The highest BCUT2D eigenvalue weighted by molar-refractivity contribution is 8.02. The van der Waals surface area contributed by atoms with E-state index < -0.39 is 10.0 Å². The summed E-state index contributed by atoms with van der Waals surface area (Å²) in [7, 11) is -3.75. The van der Waals surface area contributed by atoms with Crippen molar-refractivity contribution in [2.24, 2.45) is 11.1 Å². The van der Waals surface area contributed by atoms with Gasteiger partial charge < -0.3 is 5.32 Å². The maximum atomic E-state index is 12.1.